The van der Waals surface area contributed by atoms with Gasteiger partial charge in [-0.25, -0.2) is 0 Å². The second-order valence-corrected chi connectivity index (χ2v) is 14.0. The molecule has 0 N–H and O–H groups in total. The van der Waals surface area contributed by atoms with E-state index < -0.39 is 5.79 Å². The Morgan fingerprint density at radius 2 is 1.63 bits per heavy atom. The van der Waals surface area contributed by atoms with Crippen LogP contribution in [0.1, 0.15) is 98.5 Å². The van der Waals surface area contributed by atoms with E-state index in [9.17, 15) is 0 Å². The Kier molecular flexibility index (Phi) is 9.74. The van der Waals surface area contributed by atoms with E-state index in [4.69, 9.17) is 28.5 Å². The summed E-state index contributed by atoms with van der Waals surface area (Å²) in [6.45, 7) is 17.8. The minimum atomic E-state index is -0.624. The number of rotatable bonds is 12. The van der Waals surface area contributed by atoms with E-state index in [1.807, 2.05) is 12.1 Å². The minimum absolute atomic E-state index is 0.118. The fourth-order valence-electron chi connectivity index (χ4n) is 7.07. The Morgan fingerprint density at radius 1 is 0.951 bits per heavy atom. The van der Waals surface area contributed by atoms with Crippen LogP contribution in [0.3, 0.4) is 0 Å². The molecule has 0 amide bonds. The molecule has 0 aromatic heterocycles. The monoisotopic (exact) mass is 573 g/mol. The third-order valence-corrected chi connectivity index (χ3v) is 10.6. The Morgan fingerprint density at radius 3 is 2.24 bits per heavy atom. The average Bonchev–Trinajstić information content (AvgIpc) is 3.83. The highest BCUT2D eigenvalue weighted by Crippen LogP contribution is 2.54. The van der Waals surface area contributed by atoms with Gasteiger partial charge in [0.25, 0.3) is 0 Å². The predicted molar refractivity (Wildman–Crippen MR) is 160 cm³/mol. The molecule has 0 bridgehead atoms. The first-order valence-corrected chi connectivity index (χ1v) is 16.3. The van der Waals surface area contributed by atoms with Crippen LogP contribution < -0.4 is 4.74 Å². The van der Waals surface area contributed by atoms with E-state index in [0.29, 0.717) is 39.1 Å². The normalized spacial score (nSPS) is 38.3. The van der Waals surface area contributed by atoms with Gasteiger partial charge in [0, 0.05) is 23.3 Å². The number of benzene rings is 1. The standard InChI is InChI=1S/C34H55NO6/c1-7-32(5)22-34(39-24-31(4,25-40-34)23-38-28-12-10-9-11-13-28)26(3)33(6,8-2)35(32)41-19-18-27-14-16-29(17-15-27)36-20-30-21-37-30/h14-17,26,28,30H,7-13,18-25H2,1-6H3. The summed E-state index contributed by atoms with van der Waals surface area (Å²) in [6, 6.07) is 8.36. The Hall–Kier alpha value is -1.22. The fourth-order valence-corrected chi connectivity index (χ4v) is 7.07. The average molecular weight is 574 g/mol. The van der Waals surface area contributed by atoms with Gasteiger partial charge in [0.15, 0.2) is 5.79 Å². The lowest BCUT2D eigenvalue weighted by atomic mass is 9.67. The largest absolute Gasteiger partial charge is 0.491 e. The smallest absolute Gasteiger partial charge is 0.174 e. The number of hydrogen-bond acceptors (Lipinski definition) is 7. The molecular weight excluding hydrogens is 518 g/mol. The van der Waals surface area contributed by atoms with Crippen molar-refractivity contribution >= 4 is 0 Å². The van der Waals surface area contributed by atoms with E-state index in [2.05, 4.69) is 58.7 Å². The molecule has 7 nitrogen and oxygen atoms in total. The van der Waals surface area contributed by atoms with Gasteiger partial charge in [0.1, 0.15) is 18.5 Å². The molecule has 1 aromatic rings. The molecule has 232 valence electrons. The lowest BCUT2D eigenvalue weighted by molar-refractivity contribution is -0.410. The molecule has 4 atom stereocenters. The second-order valence-electron chi connectivity index (χ2n) is 14.0. The van der Waals surface area contributed by atoms with Crippen molar-refractivity contribution in [1.82, 2.24) is 5.06 Å². The third-order valence-electron chi connectivity index (χ3n) is 10.6. The van der Waals surface area contributed by atoms with Crippen molar-refractivity contribution in [2.45, 2.75) is 128 Å². The molecule has 41 heavy (non-hydrogen) atoms. The van der Waals surface area contributed by atoms with Crippen LogP contribution in [-0.4, -0.2) is 73.8 Å². The zero-order chi connectivity index (χ0) is 29.1. The van der Waals surface area contributed by atoms with Gasteiger partial charge in [-0.3, -0.25) is 4.84 Å². The highest BCUT2D eigenvalue weighted by atomic mass is 16.7. The molecule has 4 aliphatic rings. The Labute approximate surface area is 248 Å². The van der Waals surface area contributed by atoms with Crippen molar-refractivity contribution in [3.05, 3.63) is 29.8 Å². The molecule has 4 unspecified atom stereocenters. The van der Waals surface area contributed by atoms with Crippen LogP contribution in [0, 0.1) is 11.3 Å². The van der Waals surface area contributed by atoms with Crippen molar-refractivity contribution in [1.29, 1.82) is 0 Å². The van der Waals surface area contributed by atoms with Gasteiger partial charge in [0.2, 0.25) is 0 Å². The van der Waals surface area contributed by atoms with Crippen LogP contribution in [0.15, 0.2) is 24.3 Å². The lowest BCUT2D eigenvalue weighted by Crippen LogP contribution is -2.74. The number of nitrogens with zero attached hydrogens (tertiary/aromatic N) is 1. The van der Waals surface area contributed by atoms with E-state index in [1.54, 1.807) is 0 Å². The first-order valence-electron chi connectivity index (χ1n) is 16.3. The predicted octanol–water partition coefficient (Wildman–Crippen LogP) is 6.72. The van der Waals surface area contributed by atoms with Gasteiger partial charge in [0.05, 0.1) is 44.7 Å². The van der Waals surface area contributed by atoms with E-state index in [1.165, 1.54) is 37.7 Å². The second kappa shape index (κ2) is 12.8. The summed E-state index contributed by atoms with van der Waals surface area (Å²) >= 11 is 0. The van der Waals surface area contributed by atoms with Crippen molar-refractivity contribution in [3.63, 3.8) is 0 Å². The van der Waals surface area contributed by atoms with Crippen LogP contribution in [0.25, 0.3) is 0 Å². The van der Waals surface area contributed by atoms with Crippen molar-refractivity contribution in [2.24, 2.45) is 11.3 Å². The Balaban J connectivity index is 1.20. The van der Waals surface area contributed by atoms with Gasteiger partial charge < -0.3 is 23.7 Å². The summed E-state index contributed by atoms with van der Waals surface area (Å²) in [6.07, 6.45) is 10.5. The SMILES string of the molecule is CCC1(C)CC2(OCC(C)(COC3CCCCC3)CO2)C(C)C(C)(CC)N1OCCc1ccc(OCC2CO2)cc1. The van der Waals surface area contributed by atoms with Crippen molar-refractivity contribution in [3.8, 4) is 5.75 Å². The summed E-state index contributed by atoms with van der Waals surface area (Å²) in [4.78, 5) is 6.72. The molecule has 3 saturated heterocycles. The van der Waals surface area contributed by atoms with Gasteiger partial charge in [-0.1, -0.05) is 59.1 Å². The fraction of sp³-hybridized carbons (Fsp3) is 0.824. The summed E-state index contributed by atoms with van der Waals surface area (Å²) in [5, 5.41) is 2.32. The minimum Gasteiger partial charge on any atom is -0.491 e. The molecule has 3 heterocycles. The maximum absolute atomic E-state index is 6.84. The van der Waals surface area contributed by atoms with E-state index in [-0.39, 0.29) is 28.5 Å². The number of ether oxygens (including phenoxy) is 5. The number of hydroxylamine groups is 2. The van der Waals surface area contributed by atoms with Crippen LogP contribution >= 0.6 is 0 Å². The number of hydrogen-bond donors (Lipinski definition) is 0. The van der Waals surface area contributed by atoms with Crippen molar-refractivity contribution in [2.75, 3.05) is 39.6 Å². The zero-order valence-corrected chi connectivity index (χ0v) is 26.5. The zero-order valence-electron chi connectivity index (χ0n) is 26.5. The van der Waals surface area contributed by atoms with Crippen molar-refractivity contribution < 1.29 is 28.5 Å². The molecule has 4 fully saturated rings. The summed E-state index contributed by atoms with van der Waals surface area (Å²) in [5.41, 5.74) is 0.670. The van der Waals surface area contributed by atoms with Crippen LogP contribution in [-0.2, 0) is 30.2 Å². The van der Waals surface area contributed by atoms with Gasteiger partial charge >= 0.3 is 0 Å². The molecule has 0 radical (unpaired) electrons. The summed E-state index contributed by atoms with van der Waals surface area (Å²) in [7, 11) is 0. The molecule has 1 aliphatic carbocycles. The Bertz CT molecular complexity index is 968. The van der Waals surface area contributed by atoms with Crippen LogP contribution in [0.5, 0.6) is 5.75 Å². The molecule has 1 saturated carbocycles. The molecule has 3 aliphatic heterocycles. The molecular formula is C34H55NO6. The third kappa shape index (κ3) is 6.97. The molecule has 5 rings (SSSR count). The molecule has 1 spiro atoms. The maximum atomic E-state index is 6.84. The van der Waals surface area contributed by atoms with Gasteiger partial charge in [-0.15, -0.1) is 0 Å². The van der Waals surface area contributed by atoms with Gasteiger partial charge in [-0.2, -0.15) is 5.06 Å². The topological polar surface area (TPSA) is 61.9 Å². The summed E-state index contributed by atoms with van der Waals surface area (Å²) < 4.78 is 31.1. The highest BCUT2D eigenvalue weighted by molar-refractivity contribution is 5.27. The highest BCUT2D eigenvalue weighted by Gasteiger charge is 2.63. The van der Waals surface area contributed by atoms with E-state index >= 15 is 0 Å². The first-order chi connectivity index (χ1) is 19.6. The lowest BCUT2D eigenvalue weighted by Gasteiger charge is -2.64. The quantitative estimate of drug-likeness (QED) is 0.257. The summed E-state index contributed by atoms with van der Waals surface area (Å²) in [5.74, 6) is 0.401. The number of epoxide rings is 1. The van der Waals surface area contributed by atoms with E-state index in [0.717, 1.165) is 38.0 Å². The first kappa shape index (κ1) is 31.2. The number of piperidine rings is 1. The van der Waals surface area contributed by atoms with Gasteiger partial charge in [-0.05, 0) is 63.6 Å². The molecule has 1 aromatic carbocycles. The maximum Gasteiger partial charge on any atom is 0.174 e. The van der Waals surface area contributed by atoms with Crippen LogP contribution in [0.4, 0.5) is 0 Å². The van der Waals surface area contributed by atoms with Crippen LogP contribution in [0.2, 0.25) is 0 Å². The molecule has 7 heteroatoms.